The Hall–Kier alpha value is -1.73. The number of aliphatic hydroxyl groups is 1. The lowest BCUT2D eigenvalue weighted by Crippen LogP contribution is -2.02. The summed E-state index contributed by atoms with van der Waals surface area (Å²) in [5.41, 5.74) is 13.2. The van der Waals surface area contributed by atoms with Crippen LogP contribution in [0.2, 0.25) is 0 Å². The van der Waals surface area contributed by atoms with Crippen LogP contribution in [0, 0.1) is 11.3 Å². The van der Waals surface area contributed by atoms with Gasteiger partial charge in [-0.15, -0.1) is 0 Å². The minimum absolute atomic E-state index is 0.0250. The second-order valence-corrected chi connectivity index (χ2v) is 2.72. The number of nitrogens with two attached hydrogens (primary N) is 2. The molecular formula is C9H11N3O. The zero-order valence-electron chi connectivity index (χ0n) is 7.12. The van der Waals surface area contributed by atoms with Crippen LogP contribution in [-0.4, -0.2) is 11.7 Å². The quantitative estimate of drug-likeness (QED) is 0.564. The highest BCUT2D eigenvalue weighted by Crippen LogP contribution is 2.21. The summed E-state index contributed by atoms with van der Waals surface area (Å²) in [6.45, 7) is -0.0250. The van der Waals surface area contributed by atoms with Gasteiger partial charge in [0.2, 0.25) is 0 Å². The fourth-order valence-corrected chi connectivity index (χ4v) is 1.21. The Balaban J connectivity index is 3.23. The molecule has 0 saturated carbocycles. The molecule has 0 spiro atoms. The first-order valence-electron chi connectivity index (χ1n) is 3.88. The van der Waals surface area contributed by atoms with Crippen LogP contribution >= 0.6 is 0 Å². The van der Waals surface area contributed by atoms with E-state index in [9.17, 15) is 0 Å². The molecule has 1 rings (SSSR count). The van der Waals surface area contributed by atoms with Crippen molar-refractivity contribution in [3.63, 3.8) is 0 Å². The molecule has 5 N–H and O–H groups in total. The molecule has 0 aliphatic carbocycles. The number of nitriles is 1. The van der Waals surface area contributed by atoms with Crippen molar-refractivity contribution in [2.45, 2.75) is 6.42 Å². The van der Waals surface area contributed by atoms with E-state index in [1.807, 2.05) is 6.07 Å². The van der Waals surface area contributed by atoms with E-state index in [1.54, 1.807) is 12.1 Å². The molecule has 0 radical (unpaired) electrons. The number of hydrogen-bond acceptors (Lipinski definition) is 4. The lowest BCUT2D eigenvalue weighted by Gasteiger charge is -2.07. The minimum atomic E-state index is -0.0250. The lowest BCUT2D eigenvalue weighted by molar-refractivity contribution is 0.299. The van der Waals surface area contributed by atoms with E-state index in [1.165, 1.54) is 0 Å². The van der Waals surface area contributed by atoms with E-state index in [0.717, 1.165) is 0 Å². The molecule has 0 atom stereocenters. The first-order valence-corrected chi connectivity index (χ1v) is 3.88. The zero-order chi connectivity index (χ0) is 9.84. The number of benzene rings is 1. The third-order valence-electron chi connectivity index (χ3n) is 1.79. The third kappa shape index (κ3) is 1.89. The average Bonchev–Trinajstić information content (AvgIpc) is 2.09. The van der Waals surface area contributed by atoms with Crippen molar-refractivity contribution in [3.05, 3.63) is 23.3 Å². The van der Waals surface area contributed by atoms with Crippen molar-refractivity contribution in [1.29, 1.82) is 5.26 Å². The maximum atomic E-state index is 8.75. The molecule has 0 unspecified atom stereocenters. The van der Waals surface area contributed by atoms with Gasteiger partial charge < -0.3 is 16.6 Å². The number of hydrogen-bond donors (Lipinski definition) is 3. The molecule has 0 aliphatic rings. The Kier molecular flexibility index (Phi) is 2.72. The average molecular weight is 177 g/mol. The summed E-state index contributed by atoms with van der Waals surface area (Å²) >= 11 is 0. The molecule has 1 aromatic carbocycles. The van der Waals surface area contributed by atoms with Crippen molar-refractivity contribution in [3.8, 4) is 6.07 Å². The van der Waals surface area contributed by atoms with E-state index in [4.69, 9.17) is 21.8 Å². The highest BCUT2D eigenvalue weighted by Gasteiger charge is 2.06. The molecule has 4 heteroatoms. The zero-order valence-corrected chi connectivity index (χ0v) is 7.12. The highest BCUT2D eigenvalue weighted by atomic mass is 16.2. The largest absolute Gasteiger partial charge is 0.399 e. The second-order valence-electron chi connectivity index (χ2n) is 2.72. The van der Waals surface area contributed by atoms with E-state index >= 15 is 0 Å². The molecule has 0 amide bonds. The number of rotatable bonds is 2. The van der Waals surface area contributed by atoms with Gasteiger partial charge in [-0.1, -0.05) is 0 Å². The van der Waals surface area contributed by atoms with Crippen LogP contribution in [0.4, 0.5) is 11.4 Å². The third-order valence-corrected chi connectivity index (χ3v) is 1.79. The predicted octanol–water partition coefficient (Wildman–Crippen LogP) is 0.257. The normalized spacial score (nSPS) is 9.54. The summed E-state index contributed by atoms with van der Waals surface area (Å²) in [5, 5.41) is 17.5. The van der Waals surface area contributed by atoms with E-state index < -0.39 is 0 Å². The Labute approximate surface area is 76.4 Å². The van der Waals surface area contributed by atoms with Crippen LogP contribution in [0.25, 0.3) is 0 Å². The molecule has 4 nitrogen and oxygen atoms in total. The number of nitrogen functional groups attached to an aromatic ring is 2. The van der Waals surface area contributed by atoms with Crippen LogP contribution in [0.3, 0.4) is 0 Å². The van der Waals surface area contributed by atoms with Gasteiger partial charge in [0.25, 0.3) is 0 Å². The van der Waals surface area contributed by atoms with Gasteiger partial charge in [0.1, 0.15) is 0 Å². The van der Waals surface area contributed by atoms with Crippen LogP contribution in [0.5, 0.6) is 0 Å². The molecule has 13 heavy (non-hydrogen) atoms. The van der Waals surface area contributed by atoms with Gasteiger partial charge in [-0.05, 0) is 24.1 Å². The number of nitrogens with zero attached hydrogens (tertiary/aromatic N) is 1. The molecule has 68 valence electrons. The Morgan fingerprint density at radius 3 is 2.62 bits per heavy atom. The lowest BCUT2D eigenvalue weighted by atomic mass is 10.0. The van der Waals surface area contributed by atoms with Crippen molar-refractivity contribution >= 4 is 11.4 Å². The van der Waals surface area contributed by atoms with Gasteiger partial charge in [0.15, 0.2) is 0 Å². The summed E-state index contributed by atoms with van der Waals surface area (Å²) in [5.74, 6) is 0. The molecule has 0 bridgehead atoms. The molecule has 1 aromatic rings. The Morgan fingerprint density at radius 2 is 2.08 bits per heavy atom. The highest BCUT2D eigenvalue weighted by molar-refractivity contribution is 5.63. The number of aliphatic hydroxyl groups excluding tert-OH is 1. The van der Waals surface area contributed by atoms with Crippen molar-refractivity contribution in [2.75, 3.05) is 18.1 Å². The second kappa shape index (κ2) is 3.78. The molecule has 0 fully saturated rings. The first kappa shape index (κ1) is 9.36. The van der Waals surface area contributed by atoms with Gasteiger partial charge in [0.05, 0.1) is 11.6 Å². The summed E-state index contributed by atoms with van der Waals surface area (Å²) in [6.07, 6.45) is 0.384. The molecular weight excluding hydrogens is 166 g/mol. The van der Waals surface area contributed by atoms with Gasteiger partial charge >= 0.3 is 0 Å². The van der Waals surface area contributed by atoms with Crippen molar-refractivity contribution in [2.24, 2.45) is 0 Å². The fraction of sp³-hybridized carbons (Fsp3) is 0.222. The van der Waals surface area contributed by atoms with Crippen LogP contribution < -0.4 is 11.5 Å². The summed E-state index contributed by atoms with van der Waals surface area (Å²) in [4.78, 5) is 0. The van der Waals surface area contributed by atoms with Gasteiger partial charge in [-0.25, -0.2) is 0 Å². The molecule has 0 aromatic heterocycles. The number of anilines is 2. The van der Waals surface area contributed by atoms with Crippen molar-refractivity contribution in [1.82, 2.24) is 0 Å². The monoisotopic (exact) mass is 177 g/mol. The Bertz CT molecular complexity index is 355. The van der Waals surface area contributed by atoms with E-state index in [2.05, 4.69) is 0 Å². The summed E-state index contributed by atoms with van der Waals surface area (Å²) in [7, 11) is 0. The summed E-state index contributed by atoms with van der Waals surface area (Å²) < 4.78 is 0. The Morgan fingerprint density at radius 1 is 1.38 bits per heavy atom. The van der Waals surface area contributed by atoms with Gasteiger partial charge in [-0.3, -0.25) is 0 Å². The van der Waals surface area contributed by atoms with Crippen molar-refractivity contribution < 1.29 is 5.11 Å². The minimum Gasteiger partial charge on any atom is -0.399 e. The summed E-state index contributed by atoms with van der Waals surface area (Å²) in [6, 6.07) is 5.14. The van der Waals surface area contributed by atoms with Gasteiger partial charge in [-0.2, -0.15) is 5.26 Å². The smallest absolute Gasteiger partial charge is 0.0996 e. The maximum Gasteiger partial charge on any atom is 0.0996 e. The molecule has 0 heterocycles. The topological polar surface area (TPSA) is 96.1 Å². The molecule has 0 saturated heterocycles. The van der Waals surface area contributed by atoms with Crippen LogP contribution in [0.1, 0.15) is 11.1 Å². The van der Waals surface area contributed by atoms with E-state index in [-0.39, 0.29) is 6.61 Å². The standard InChI is InChI=1S/C9H11N3O/c10-5-6-3-7(11)4-9(12)8(6)1-2-13/h3-4,13H,1-2,11-12H2. The van der Waals surface area contributed by atoms with Gasteiger partial charge in [0, 0.05) is 18.0 Å². The predicted molar refractivity (Wildman–Crippen MR) is 50.8 cm³/mol. The maximum absolute atomic E-state index is 8.75. The first-order chi connectivity index (χ1) is 6.19. The van der Waals surface area contributed by atoms with Crippen LogP contribution in [0.15, 0.2) is 12.1 Å². The van der Waals surface area contributed by atoms with E-state index in [0.29, 0.717) is 28.9 Å². The van der Waals surface area contributed by atoms with Crippen LogP contribution in [-0.2, 0) is 6.42 Å². The molecule has 0 aliphatic heterocycles. The SMILES string of the molecule is N#Cc1cc(N)cc(N)c1CCO. The fourth-order valence-electron chi connectivity index (χ4n) is 1.21.